The fraction of sp³-hybridized carbons (Fsp3) is 0.462. The van der Waals surface area contributed by atoms with E-state index in [9.17, 15) is 14.7 Å². The lowest BCUT2D eigenvalue weighted by molar-refractivity contribution is -0.170. The van der Waals surface area contributed by atoms with Gasteiger partial charge >= 0.3 is 11.9 Å². The number of hydrogen-bond donors (Lipinski definition) is 1. The van der Waals surface area contributed by atoms with Crippen molar-refractivity contribution in [2.75, 3.05) is 42.7 Å². The molecule has 2 aromatic rings. The minimum Gasteiger partial charge on any atom is -0.504 e. The average molecular weight is 489 g/mol. The van der Waals surface area contributed by atoms with Crippen molar-refractivity contribution in [2.45, 2.75) is 25.2 Å². The number of carbonyl (C=O) groups excluding carboxylic acids is 2. The zero-order valence-corrected chi connectivity index (χ0v) is 21.0. The van der Waals surface area contributed by atoms with Crippen LogP contribution >= 0.6 is 0 Å². The molecule has 3 atom stereocenters. The van der Waals surface area contributed by atoms with E-state index in [2.05, 4.69) is 0 Å². The Morgan fingerprint density at radius 1 is 0.800 bits per heavy atom. The Balaban J connectivity index is 2.27. The fourth-order valence-corrected chi connectivity index (χ4v) is 5.42. The van der Waals surface area contributed by atoms with Crippen LogP contribution in [0.2, 0.25) is 0 Å². The summed E-state index contributed by atoms with van der Waals surface area (Å²) in [5.74, 6) is -1.00. The molecule has 3 rings (SSSR count). The van der Waals surface area contributed by atoms with Crippen LogP contribution in [0.25, 0.3) is 0 Å². The third-order valence-corrected chi connectivity index (χ3v) is 7.01. The summed E-state index contributed by atoms with van der Waals surface area (Å²) in [6, 6.07) is 8.43. The van der Waals surface area contributed by atoms with Gasteiger partial charge in [0.1, 0.15) is 0 Å². The van der Waals surface area contributed by atoms with Gasteiger partial charge in [0.25, 0.3) is 0 Å². The Hall–Kier alpha value is -3.62. The highest BCUT2D eigenvalue weighted by molar-refractivity contribution is 6.02. The molecular formula is C26H32O9. The van der Waals surface area contributed by atoms with Crippen LogP contribution in [0, 0.1) is 11.3 Å². The number of aromatic hydroxyl groups is 1. The van der Waals surface area contributed by atoms with Crippen LogP contribution in [0.3, 0.4) is 0 Å². The maximum absolute atomic E-state index is 13.3. The van der Waals surface area contributed by atoms with Crippen molar-refractivity contribution in [3.63, 3.8) is 0 Å². The minimum atomic E-state index is -1.63. The molecule has 0 heterocycles. The zero-order valence-electron chi connectivity index (χ0n) is 21.0. The van der Waals surface area contributed by atoms with E-state index in [4.69, 9.17) is 28.4 Å². The highest BCUT2D eigenvalue weighted by Crippen LogP contribution is 2.61. The molecule has 0 bridgehead atoms. The highest BCUT2D eigenvalue weighted by Gasteiger charge is 2.63. The summed E-state index contributed by atoms with van der Waals surface area (Å²) in [4.78, 5) is 26.7. The lowest BCUT2D eigenvalue weighted by atomic mass is 9.71. The van der Waals surface area contributed by atoms with Crippen molar-refractivity contribution >= 4 is 11.9 Å². The quantitative estimate of drug-likeness (QED) is 0.440. The van der Waals surface area contributed by atoms with Crippen LogP contribution in [0.15, 0.2) is 30.3 Å². The molecule has 3 unspecified atom stereocenters. The molecule has 190 valence electrons. The van der Waals surface area contributed by atoms with Gasteiger partial charge in [-0.1, -0.05) is 13.0 Å². The SMILES string of the molecule is COC(=O)C1(C(=O)OC)CC(c2cc(OC)c(OC)c(OC)c2)C(C)C1c1ccc(O)c(OC)c1. The normalized spacial score (nSPS) is 20.6. The third kappa shape index (κ3) is 4.19. The average Bonchev–Trinajstić information content (AvgIpc) is 3.20. The molecule has 1 fully saturated rings. The molecule has 2 aromatic carbocycles. The zero-order chi connectivity index (χ0) is 25.9. The number of hydrogen-bond acceptors (Lipinski definition) is 9. The van der Waals surface area contributed by atoms with Crippen molar-refractivity contribution in [1.29, 1.82) is 0 Å². The largest absolute Gasteiger partial charge is 0.504 e. The monoisotopic (exact) mass is 488 g/mol. The van der Waals surface area contributed by atoms with Crippen LogP contribution in [-0.2, 0) is 19.1 Å². The van der Waals surface area contributed by atoms with Crippen LogP contribution < -0.4 is 18.9 Å². The number of ether oxygens (including phenoxy) is 6. The van der Waals surface area contributed by atoms with E-state index in [1.54, 1.807) is 12.1 Å². The van der Waals surface area contributed by atoms with E-state index in [-0.39, 0.29) is 29.8 Å². The second-order valence-corrected chi connectivity index (χ2v) is 8.49. The second-order valence-electron chi connectivity index (χ2n) is 8.49. The van der Waals surface area contributed by atoms with Crippen molar-refractivity contribution in [1.82, 2.24) is 0 Å². The summed E-state index contributed by atoms with van der Waals surface area (Å²) in [6.07, 6.45) is 0.125. The molecule has 1 aliphatic carbocycles. The first-order valence-corrected chi connectivity index (χ1v) is 11.1. The van der Waals surface area contributed by atoms with Gasteiger partial charge in [-0.2, -0.15) is 0 Å². The van der Waals surface area contributed by atoms with Gasteiger partial charge < -0.3 is 33.5 Å². The number of esters is 2. The molecule has 0 saturated heterocycles. The van der Waals surface area contributed by atoms with E-state index in [1.807, 2.05) is 19.1 Å². The summed E-state index contributed by atoms with van der Waals surface area (Å²) in [5, 5.41) is 10.1. The van der Waals surface area contributed by atoms with E-state index >= 15 is 0 Å². The second kappa shape index (κ2) is 10.3. The third-order valence-electron chi connectivity index (χ3n) is 7.01. The van der Waals surface area contributed by atoms with Crippen LogP contribution in [0.5, 0.6) is 28.7 Å². The molecule has 9 heteroatoms. The van der Waals surface area contributed by atoms with E-state index in [0.717, 1.165) is 5.56 Å². The number of benzene rings is 2. The first kappa shape index (κ1) is 26.0. The van der Waals surface area contributed by atoms with E-state index in [1.165, 1.54) is 48.7 Å². The van der Waals surface area contributed by atoms with Crippen molar-refractivity contribution in [3.8, 4) is 28.7 Å². The summed E-state index contributed by atoms with van der Waals surface area (Å²) in [6.45, 7) is 1.96. The van der Waals surface area contributed by atoms with Gasteiger partial charge in [-0.25, -0.2) is 0 Å². The van der Waals surface area contributed by atoms with E-state index < -0.39 is 23.3 Å². The minimum absolute atomic E-state index is 0.0511. The van der Waals surface area contributed by atoms with Gasteiger partial charge in [0.2, 0.25) is 5.75 Å². The van der Waals surface area contributed by atoms with Gasteiger partial charge in [0, 0.05) is 5.92 Å². The Labute approximate surface area is 204 Å². The predicted octanol–water partition coefficient (Wildman–Crippen LogP) is 3.67. The maximum atomic E-state index is 13.3. The lowest BCUT2D eigenvalue weighted by Crippen LogP contribution is -2.44. The highest BCUT2D eigenvalue weighted by atomic mass is 16.5. The fourth-order valence-electron chi connectivity index (χ4n) is 5.42. The standard InChI is InChI=1S/C26H32O9/c1-14-17(16-11-20(31-3)23(33-5)21(12-16)32-4)13-26(24(28)34-6,25(29)35-7)22(14)15-8-9-18(27)19(10-15)30-2/h8-12,14,17,22,27H,13H2,1-7H3. The number of carbonyl (C=O) groups is 2. The Kier molecular flexibility index (Phi) is 7.67. The van der Waals surface area contributed by atoms with Crippen molar-refractivity contribution in [2.24, 2.45) is 11.3 Å². The number of methoxy groups -OCH3 is 6. The maximum Gasteiger partial charge on any atom is 0.323 e. The summed E-state index contributed by atoms with van der Waals surface area (Å²) >= 11 is 0. The van der Waals surface area contributed by atoms with Crippen LogP contribution in [-0.4, -0.2) is 59.7 Å². The number of phenols is 1. The van der Waals surface area contributed by atoms with Gasteiger partial charge in [-0.05, 0) is 53.6 Å². The molecule has 0 spiro atoms. The molecule has 0 aliphatic heterocycles. The lowest BCUT2D eigenvalue weighted by Gasteiger charge is -2.32. The van der Waals surface area contributed by atoms with Gasteiger partial charge in [-0.3, -0.25) is 9.59 Å². The van der Waals surface area contributed by atoms with Gasteiger partial charge in [0.15, 0.2) is 28.4 Å². The molecule has 0 aromatic heterocycles. The summed E-state index contributed by atoms with van der Waals surface area (Å²) < 4.78 is 32.1. The molecule has 1 N–H and O–H groups in total. The molecule has 9 nitrogen and oxygen atoms in total. The molecule has 0 amide bonds. The first-order valence-electron chi connectivity index (χ1n) is 11.1. The predicted molar refractivity (Wildman–Crippen MR) is 126 cm³/mol. The summed E-state index contributed by atoms with van der Waals surface area (Å²) in [5.41, 5.74) is -0.189. The van der Waals surface area contributed by atoms with Crippen LogP contribution in [0.4, 0.5) is 0 Å². The first-order chi connectivity index (χ1) is 16.7. The Morgan fingerprint density at radius 3 is 1.77 bits per heavy atom. The topological polar surface area (TPSA) is 110 Å². The Morgan fingerprint density at radius 2 is 1.31 bits per heavy atom. The number of phenolic OH excluding ortho intramolecular Hbond substituents is 1. The van der Waals surface area contributed by atoms with Gasteiger partial charge in [-0.15, -0.1) is 0 Å². The van der Waals surface area contributed by atoms with Crippen LogP contribution in [0.1, 0.15) is 36.3 Å². The van der Waals surface area contributed by atoms with E-state index in [0.29, 0.717) is 22.8 Å². The molecule has 0 radical (unpaired) electrons. The Bertz CT molecular complexity index is 1050. The molecule has 35 heavy (non-hydrogen) atoms. The number of rotatable bonds is 8. The smallest absolute Gasteiger partial charge is 0.323 e. The molecule has 1 saturated carbocycles. The summed E-state index contributed by atoms with van der Waals surface area (Å²) in [7, 11) is 8.50. The molecular weight excluding hydrogens is 456 g/mol. The molecule has 1 aliphatic rings. The van der Waals surface area contributed by atoms with Gasteiger partial charge in [0.05, 0.1) is 42.7 Å². The van der Waals surface area contributed by atoms with Crippen molar-refractivity contribution < 1.29 is 43.1 Å². The van der Waals surface area contributed by atoms with Crippen molar-refractivity contribution in [3.05, 3.63) is 41.5 Å².